The average molecular weight is 267 g/mol. The number of nitrogens with one attached hydrogen (secondary N) is 1. The van der Waals surface area contributed by atoms with Gasteiger partial charge in [-0.3, -0.25) is 0 Å². The van der Waals surface area contributed by atoms with E-state index in [1.54, 1.807) is 0 Å². The Morgan fingerprint density at radius 2 is 1.53 bits per heavy atom. The smallest absolute Gasteiger partial charge is 0.0591 e. The molecule has 0 amide bonds. The van der Waals surface area contributed by atoms with Crippen molar-refractivity contribution >= 4 is 11.8 Å². The van der Waals surface area contributed by atoms with Crippen LogP contribution in [0.5, 0.6) is 0 Å². The lowest BCUT2D eigenvalue weighted by molar-refractivity contribution is 0.512. The summed E-state index contributed by atoms with van der Waals surface area (Å²) in [5, 5.41) is 3.87. The van der Waals surface area contributed by atoms with Crippen LogP contribution in [0.3, 0.4) is 0 Å². The predicted molar refractivity (Wildman–Crippen MR) is 82.6 cm³/mol. The van der Waals surface area contributed by atoms with Gasteiger partial charge in [-0.2, -0.15) is 11.8 Å². The highest BCUT2D eigenvalue weighted by Gasteiger charge is 2.30. The molecule has 1 fully saturated rings. The molecule has 0 radical (unpaired) electrons. The molecule has 1 atom stereocenters. The first-order valence-electron chi connectivity index (χ1n) is 6.95. The van der Waals surface area contributed by atoms with Crippen molar-refractivity contribution in [3.63, 3.8) is 0 Å². The lowest BCUT2D eigenvalue weighted by atomic mass is 10.0. The Labute approximate surface area is 118 Å². The molecule has 1 saturated heterocycles. The molecule has 4 rings (SSSR count). The van der Waals surface area contributed by atoms with Gasteiger partial charge in [0, 0.05) is 11.8 Å². The van der Waals surface area contributed by atoms with E-state index < -0.39 is 0 Å². The van der Waals surface area contributed by atoms with Crippen LogP contribution in [0, 0.1) is 0 Å². The van der Waals surface area contributed by atoms with E-state index in [2.05, 4.69) is 65.6 Å². The van der Waals surface area contributed by atoms with Gasteiger partial charge in [0.1, 0.15) is 0 Å². The second kappa shape index (κ2) is 4.69. The van der Waals surface area contributed by atoms with Gasteiger partial charge >= 0.3 is 0 Å². The van der Waals surface area contributed by atoms with Crippen LogP contribution in [0.15, 0.2) is 48.5 Å². The van der Waals surface area contributed by atoms with E-state index in [-0.39, 0.29) is 0 Å². The SMILES string of the molecule is c1ccc2c(c1)-c1ccccc1C2NC1CCSC1. The van der Waals surface area contributed by atoms with E-state index in [0.29, 0.717) is 12.1 Å². The summed E-state index contributed by atoms with van der Waals surface area (Å²) in [6, 6.07) is 18.7. The van der Waals surface area contributed by atoms with E-state index in [4.69, 9.17) is 0 Å². The normalized spacial score (nSPS) is 21.4. The highest BCUT2D eigenvalue weighted by Crippen LogP contribution is 2.43. The number of hydrogen-bond acceptors (Lipinski definition) is 2. The van der Waals surface area contributed by atoms with Crippen molar-refractivity contribution in [2.45, 2.75) is 18.5 Å². The van der Waals surface area contributed by atoms with Crippen LogP contribution >= 0.6 is 11.8 Å². The molecular weight excluding hydrogens is 250 g/mol. The van der Waals surface area contributed by atoms with Crippen LogP contribution in [0.4, 0.5) is 0 Å². The van der Waals surface area contributed by atoms with Crippen LogP contribution in [0.25, 0.3) is 11.1 Å². The molecule has 19 heavy (non-hydrogen) atoms. The lowest BCUT2D eigenvalue weighted by Crippen LogP contribution is -2.32. The Balaban J connectivity index is 1.77. The molecule has 2 heteroatoms. The third-order valence-corrected chi connectivity index (χ3v) is 5.33. The van der Waals surface area contributed by atoms with Crippen LogP contribution < -0.4 is 5.32 Å². The molecule has 2 aliphatic rings. The molecule has 0 bridgehead atoms. The number of thioether (sulfide) groups is 1. The Morgan fingerprint density at radius 3 is 2.11 bits per heavy atom. The zero-order valence-corrected chi connectivity index (χ0v) is 11.6. The van der Waals surface area contributed by atoms with E-state index in [1.807, 2.05) is 0 Å². The van der Waals surface area contributed by atoms with Crippen molar-refractivity contribution in [1.82, 2.24) is 5.32 Å². The fourth-order valence-corrected chi connectivity index (χ4v) is 4.40. The molecule has 0 spiro atoms. The monoisotopic (exact) mass is 267 g/mol. The molecule has 1 nitrogen and oxygen atoms in total. The molecule has 96 valence electrons. The highest BCUT2D eigenvalue weighted by molar-refractivity contribution is 7.99. The van der Waals surface area contributed by atoms with Gasteiger partial charge in [-0.25, -0.2) is 0 Å². The van der Waals surface area contributed by atoms with Gasteiger partial charge in [-0.05, 0) is 34.4 Å². The van der Waals surface area contributed by atoms with E-state index in [1.165, 1.54) is 40.2 Å². The molecule has 1 N–H and O–H groups in total. The summed E-state index contributed by atoms with van der Waals surface area (Å²) < 4.78 is 0. The van der Waals surface area contributed by atoms with Crippen molar-refractivity contribution in [2.24, 2.45) is 0 Å². The van der Waals surface area contributed by atoms with Gasteiger partial charge in [0.2, 0.25) is 0 Å². The maximum absolute atomic E-state index is 3.87. The largest absolute Gasteiger partial charge is 0.303 e. The quantitative estimate of drug-likeness (QED) is 0.887. The average Bonchev–Trinajstić information content (AvgIpc) is 3.08. The fraction of sp³-hybridized carbons (Fsp3) is 0.294. The maximum atomic E-state index is 3.87. The third-order valence-electron chi connectivity index (χ3n) is 4.17. The first-order chi connectivity index (χ1) is 9.43. The summed E-state index contributed by atoms with van der Waals surface area (Å²) in [5.74, 6) is 2.55. The van der Waals surface area contributed by atoms with Crippen molar-refractivity contribution in [3.05, 3.63) is 59.7 Å². The van der Waals surface area contributed by atoms with E-state index in [9.17, 15) is 0 Å². The van der Waals surface area contributed by atoms with Crippen LogP contribution in [-0.4, -0.2) is 17.5 Å². The van der Waals surface area contributed by atoms with Crippen LogP contribution in [-0.2, 0) is 0 Å². The fourth-order valence-electron chi connectivity index (χ4n) is 3.24. The van der Waals surface area contributed by atoms with Gasteiger partial charge in [0.25, 0.3) is 0 Å². The second-order valence-electron chi connectivity index (χ2n) is 5.33. The molecular formula is C17H17NS. The number of rotatable bonds is 2. The third kappa shape index (κ3) is 1.90. The van der Waals surface area contributed by atoms with Gasteiger partial charge in [-0.1, -0.05) is 48.5 Å². The molecule has 1 aliphatic carbocycles. The topological polar surface area (TPSA) is 12.0 Å². The first kappa shape index (κ1) is 11.6. The second-order valence-corrected chi connectivity index (χ2v) is 6.48. The molecule has 1 heterocycles. The Bertz CT molecular complexity index is 556. The molecule has 2 aromatic carbocycles. The Morgan fingerprint density at radius 1 is 0.895 bits per heavy atom. The van der Waals surface area contributed by atoms with E-state index in [0.717, 1.165) is 0 Å². The van der Waals surface area contributed by atoms with Gasteiger partial charge < -0.3 is 5.32 Å². The minimum absolute atomic E-state index is 0.385. The number of fused-ring (bicyclic) bond motifs is 3. The Kier molecular flexibility index (Phi) is 2.86. The van der Waals surface area contributed by atoms with Crippen molar-refractivity contribution in [2.75, 3.05) is 11.5 Å². The minimum atomic E-state index is 0.385. The zero-order valence-electron chi connectivity index (χ0n) is 10.8. The predicted octanol–water partition coefficient (Wildman–Crippen LogP) is 3.85. The summed E-state index contributed by atoms with van der Waals surface area (Å²) in [5.41, 5.74) is 5.70. The first-order valence-corrected chi connectivity index (χ1v) is 8.11. The van der Waals surface area contributed by atoms with Crippen LogP contribution in [0.1, 0.15) is 23.6 Å². The number of hydrogen-bond donors (Lipinski definition) is 1. The van der Waals surface area contributed by atoms with Crippen molar-refractivity contribution in [1.29, 1.82) is 0 Å². The number of benzene rings is 2. The van der Waals surface area contributed by atoms with Crippen molar-refractivity contribution in [3.8, 4) is 11.1 Å². The molecule has 1 unspecified atom stereocenters. The van der Waals surface area contributed by atoms with Crippen LogP contribution in [0.2, 0.25) is 0 Å². The molecule has 0 aromatic heterocycles. The summed E-state index contributed by atoms with van der Waals surface area (Å²) in [6.07, 6.45) is 1.30. The summed E-state index contributed by atoms with van der Waals surface area (Å²) >= 11 is 2.07. The standard InChI is InChI=1S/C17H17NS/c1-3-7-15-13(5-1)14-6-2-4-8-16(14)17(15)18-12-9-10-19-11-12/h1-8,12,17-18H,9-11H2. The molecule has 1 aliphatic heterocycles. The molecule has 0 saturated carbocycles. The van der Waals surface area contributed by atoms with E-state index >= 15 is 0 Å². The summed E-state index contributed by atoms with van der Waals surface area (Å²) in [4.78, 5) is 0. The lowest BCUT2D eigenvalue weighted by Gasteiger charge is -2.20. The summed E-state index contributed by atoms with van der Waals surface area (Å²) in [6.45, 7) is 0. The molecule has 2 aromatic rings. The van der Waals surface area contributed by atoms with Gasteiger partial charge in [0.05, 0.1) is 6.04 Å². The van der Waals surface area contributed by atoms with Gasteiger partial charge in [-0.15, -0.1) is 0 Å². The highest BCUT2D eigenvalue weighted by atomic mass is 32.2. The van der Waals surface area contributed by atoms with Gasteiger partial charge in [0.15, 0.2) is 0 Å². The maximum Gasteiger partial charge on any atom is 0.0591 e. The Hall–Kier alpha value is -1.25. The minimum Gasteiger partial charge on any atom is -0.303 e. The zero-order chi connectivity index (χ0) is 12.7. The van der Waals surface area contributed by atoms with Crippen molar-refractivity contribution < 1.29 is 0 Å². The summed E-state index contributed by atoms with van der Waals surface area (Å²) in [7, 11) is 0.